The minimum absolute atomic E-state index is 0.110. The van der Waals surface area contributed by atoms with Crippen molar-refractivity contribution in [1.29, 1.82) is 0 Å². The third-order valence-electron chi connectivity index (χ3n) is 5.32. The molecule has 2 aromatic heterocycles. The highest BCUT2D eigenvalue weighted by molar-refractivity contribution is 5.80. The van der Waals surface area contributed by atoms with Gasteiger partial charge in [0.15, 0.2) is 11.9 Å². The van der Waals surface area contributed by atoms with Crippen LogP contribution >= 0.6 is 0 Å². The summed E-state index contributed by atoms with van der Waals surface area (Å²) in [4.78, 5) is 24.9. The molecule has 1 amide bonds. The van der Waals surface area contributed by atoms with Crippen molar-refractivity contribution in [2.45, 2.75) is 66.5 Å². The lowest BCUT2D eigenvalue weighted by Gasteiger charge is -2.25. The fourth-order valence-electron chi connectivity index (χ4n) is 3.58. The predicted octanol–water partition coefficient (Wildman–Crippen LogP) is 3.24. The van der Waals surface area contributed by atoms with Crippen LogP contribution in [-0.4, -0.2) is 38.1 Å². The van der Waals surface area contributed by atoms with Crippen LogP contribution in [-0.2, 0) is 16.8 Å². The van der Waals surface area contributed by atoms with Gasteiger partial charge < -0.3 is 10.1 Å². The van der Waals surface area contributed by atoms with Crippen LogP contribution in [0.2, 0.25) is 0 Å². The van der Waals surface area contributed by atoms with Gasteiger partial charge in [0.05, 0.1) is 12.2 Å². The molecule has 0 aliphatic carbocycles. The van der Waals surface area contributed by atoms with Crippen molar-refractivity contribution in [2.24, 2.45) is 0 Å². The highest BCUT2D eigenvalue weighted by Gasteiger charge is 2.22. The van der Waals surface area contributed by atoms with Crippen molar-refractivity contribution in [2.75, 3.05) is 6.54 Å². The molecule has 0 spiro atoms. The van der Waals surface area contributed by atoms with Crippen LogP contribution in [0.1, 0.15) is 50.2 Å². The first-order valence-corrected chi connectivity index (χ1v) is 11.1. The zero-order valence-electron chi connectivity index (χ0n) is 20.5. The van der Waals surface area contributed by atoms with E-state index in [4.69, 9.17) is 4.74 Å². The topological polar surface area (TPSA) is 91.0 Å². The van der Waals surface area contributed by atoms with E-state index in [1.165, 1.54) is 10.7 Å². The maximum absolute atomic E-state index is 12.6. The lowest BCUT2D eigenvalue weighted by atomic mass is 9.85. The number of rotatable bonds is 7. The first-order valence-electron chi connectivity index (χ1n) is 11.1. The number of benzene rings is 1. The molecule has 0 saturated heterocycles. The number of nitrogens with zero attached hydrogens (tertiary/aromatic N) is 4. The van der Waals surface area contributed by atoms with Crippen LogP contribution in [0.4, 0.5) is 0 Å². The Hall–Kier alpha value is -3.42. The minimum Gasteiger partial charge on any atom is -0.481 e. The summed E-state index contributed by atoms with van der Waals surface area (Å²) < 4.78 is 9.02. The summed E-state index contributed by atoms with van der Waals surface area (Å²) in [6, 6.07) is 11.0. The summed E-state index contributed by atoms with van der Waals surface area (Å²) in [5.74, 6) is 1.00. The van der Waals surface area contributed by atoms with Gasteiger partial charge >= 0.3 is 0 Å². The van der Waals surface area contributed by atoms with Gasteiger partial charge in [0, 0.05) is 18.3 Å². The standard InChI is InChI=1S/C25H33N5O3/c1-16-8-9-21(20(14-16)25(5,6)7)33-19(4)24(32)26-12-13-29-23(31)11-10-22(28-29)30-18(3)15-17(2)27-30/h8-11,14-15,19H,12-13H2,1-7H3,(H,26,32). The summed E-state index contributed by atoms with van der Waals surface area (Å²) in [6.07, 6.45) is -0.681. The van der Waals surface area contributed by atoms with Crippen LogP contribution in [0.5, 0.6) is 5.75 Å². The number of hydrogen-bond acceptors (Lipinski definition) is 5. The molecule has 0 bridgehead atoms. The molecule has 33 heavy (non-hydrogen) atoms. The van der Waals surface area contributed by atoms with Crippen molar-refractivity contribution in [3.8, 4) is 11.6 Å². The van der Waals surface area contributed by atoms with Gasteiger partial charge in [-0.2, -0.15) is 5.10 Å². The van der Waals surface area contributed by atoms with Gasteiger partial charge in [-0.25, -0.2) is 9.36 Å². The second kappa shape index (κ2) is 9.60. The molecular weight excluding hydrogens is 418 g/mol. The zero-order valence-corrected chi connectivity index (χ0v) is 20.5. The van der Waals surface area contributed by atoms with Crippen molar-refractivity contribution in [3.63, 3.8) is 0 Å². The lowest BCUT2D eigenvalue weighted by molar-refractivity contribution is -0.127. The van der Waals surface area contributed by atoms with Crippen molar-refractivity contribution < 1.29 is 9.53 Å². The molecule has 0 saturated carbocycles. The Morgan fingerprint density at radius 2 is 1.82 bits per heavy atom. The number of amides is 1. The maximum Gasteiger partial charge on any atom is 0.266 e. The number of nitrogens with one attached hydrogen (secondary N) is 1. The first kappa shape index (κ1) is 24.2. The lowest BCUT2D eigenvalue weighted by Crippen LogP contribution is -2.39. The minimum atomic E-state index is -0.681. The second-order valence-electron chi connectivity index (χ2n) is 9.39. The van der Waals surface area contributed by atoms with Crippen LogP contribution in [0.3, 0.4) is 0 Å². The molecule has 3 aromatic rings. The molecule has 8 nitrogen and oxygen atoms in total. The third-order valence-corrected chi connectivity index (χ3v) is 5.32. The predicted molar refractivity (Wildman–Crippen MR) is 128 cm³/mol. The summed E-state index contributed by atoms with van der Waals surface area (Å²) in [7, 11) is 0. The molecule has 1 aromatic carbocycles. The van der Waals surface area contributed by atoms with Gasteiger partial charge in [0.1, 0.15) is 5.75 Å². The fourth-order valence-corrected chi connectivity index (χ4v) is 3.58. The molecule has 8 heteroatoms. The van der Waals surface area contributed by atoms with E-state index >= 15 is 0 Å². The van der Waals surface area contributed by atoms with E-state index in [9.17, 15) is 9.59 Å². The molecule has 0 aliphatic rings. The number of carbonyl (C=O) groups is 1. The van der Waals surface area contributed by atoms with Crippen LogP contribution in [0.15, 0.2) is 41.2 Å². The molecule has 3 rings (SSSR count). The van der Waals surface area contributed by atoms with E-state index < -0.39 is 6.10 Å². The molecule has 176 valence electrons. The van der Waals surface area contributed by atoms with E-state index in [2.05, 4.69) is 42.4 Å². The Morgan fingerprint density at radius 3 is 2.45 bits per heavy atom. The van der Waals surface area contributed by atoms with Gasteiger partial charge in [-0.1, -0.05) is 38.5 Å². The summed E-state index contributed by atoms with van der Waals surface area (Å²) in [6.45, 7) is 14.4. The highest BCUT2D eigenvalue weighted by Crippen LogP contribution is 2.32. The van der Waals surface area contributed by atoms with Crippen LogP contribution < -0.4 is 15.6 Å². The first-order chi connectivity index (χ1) is 15.5. The Bertz CT molecular complexity index is 1200. The maximum atomic E-state index is 12.6. The van der Waals surface area contributed by atoms with Gasteiger partial charge in [-0.05, 0) is 56.9 Å². The van der Waals surface area contributed by atoms with Gasteiger partial charge in [0.2, 0.25) is 0 Å². The number of hydrogen-bond donors (Lipinski definition) is 1. The van der Waals surface area contributed by atoms with E-state index in [1.807, 2.05) is 39.0 Å². The molecule has 0 radical (unpaired) electrons. The number of ether oxygens (including phenoxy) is 1. The van der Waals surface area contributed by atoms with Gasteiger partial charge in [-0.3, -0.25) is 9.59 Å². The van der Waals surface area contributed by atoms with Gasteiger partial charge in [0.25, 0.3) is 11.5 Å². The Morgan fingerprint density at radius 1 is 1.09 bits per heavy atom. The third kappa shape index (κ3) is 5.88. The van der Waals surface area contributed by atoms with E-state index in [0.29, 0.717) is 11.6 Å². The molecule has 1 unspecified atom stereocenters. The number of aryl methyl sites for hydroxylation is 3. The average Bonchev–Trinajstić information content (AvgIpc) is 3.07. The average molecular weight is 452 g/mol. The molecular formula is C25H33N5O3. The smallest absolute Gasteiger partial charge is 0.266 e. The van der Waals surface area contributed by atoms with Crippen molar-refractivity contribution in [1.82, 2.24) is 24.9 Å². The molecule has 0 fully saturated rings. The summed E-state index contributed by atoms with van der Waals surface area (Å²) in [5, 5.41) is 11.6. The Kier molecular flexibility index (Phi) is 7.05. The van der Waals surface area contributed by atoms with E-state index in [0.717, 1.165) is 22.5 Å². The SMILES string of the molecule is Cc1ccc(OC(C)C(=O)NCCn2nc(-n3nc(C)cc3C)ccc2=O)c(C(C)(C)C)c1. The summed E-state index contributed by atoms with van der Waals surface area (Å²) in [5.41, 5.74) is 3.64. The monoisotopic (exact) mass is 451 g/mol. The molecule has 1 N–H and O–H groups in total. The van der Waals surface area contributed by atoms with Crippen molar-refractivity contribution >= 4 is 5.91 Å². The summed E-state index contributed by atoms with van der Waals surface area (Å²) >= 11 is 0. The second-order valence-corrected chi connectivity index (χ2v) is 9.39. The Balaban J connectivity index is 1.64. The largest absolute Gasteiger partial charge is 0.481 e. The fraction of sp³-hybridized carbons (Fsp3) is 0.440. The van der Waals surface area contributed by atoms with Gasteiger partial charge in [-0.15, -0.1) is 5.10 Å². The van der Waals surface area contributed by atoms with Crippen molar-refractivity contribution in [3.05, 3.63) is 69.3 Å². The molecule has 0 aliphatic heterocycles. The van der Waals surface area contributed by atoms with Crippen LogP contribution in [0, 0.1) is 20.8 Å². The number of carbonyl (C=O) groups excluding carboxylic acids is 1. The zero-order chi connectivity index (χ0) is 24.3. The Labute approximate surface area is 194 Å². The molecule has 2 heterocycles. The normalized spacial score (nSPS) is 12.5. The molecule has 1 atom stereocenters. The quantitative estimate of drug-likeness (QED) is 0.596. The van der Waals surface area contributed by atoms with E-state index in [1.54, 1.807) is 17.7 Å². The van der Waals surface area contributed by atoms with E-state index in [-0.39, 0.29) is 30.0 Å². The highest BCUT2D eigenvalue weighted by atomic mass is 16.5. The van der Waals surface area contributed by atoms with Crippen LogP contribution in [0.25, 0.3) is 5.82 Å². The number of aromatic nitrogens is 4.